The summed E-state index contributed by atoms with van der Waals surface area (Å²) in [5.74, 6) is 2.74. The second kappa shape index (κ2) is 12.5. The number of allylic oxidation sites excluding steroid dienone is 2. The van der Waals surface area contributed by atoms with Crippen LogP contribution in [0.4, 0.5) is 0 Å². The zero-order chi connectivity index (χ0) is 37.5. The van der Waals surface area contributed by atoms with Crippen LogP contribution < -0.4 is 4.74 Å². The minimum absolute atomic E-state index is 0.00343. The summed E-state index contributed by atoms with van der Waals surface area (Å²) >= 11 is 0. The van der Waals surface area contributed by atoms with Gasteiger partial charge in [-0.3, -0.25) is 0 Å². The number of furan rings is 1. The van der Waals surface area contributed by atoms with Gasteiger partial charge in [-0.15, -0.1) is 0 Å². The number of benzene rings is 7. The van der Waals surface area contributed by atoms with Crippen LogP contribution in [-0.4, -0.2) is 25.6 Å². The van der Waals surface area contributed by atoms with Crippen molar-refractivity contribution >= 4 is 49.4 Å². The van der Waals surface area contributed by atoms with Gasteiger partial charge < -0.3 is 13.7 Å². The number of ether oxygens (including phenoxy) is 1. The van der Waals surface area contributed by atoms with E-state index >= 15 is 0 Å². The lowest BCUT2D eigenvalue weighted by molar-refractivity contribution is 0.270. The van der Waals surface area contributed by atoms with E-state index in [-0.39, 0.29) is 12.0 Å². The number of nitrogens with zero attached hydrogens (tertiary/aromatic N) is 4. The molecule has 0 amide bonds. The zero-order valence-electron chi connectivity index (χ0n) is 30.6. The number of hydrogen-bond acceptors (Lipinski definition) is 5. The van der Waals surface area contributed by atoms with Crippen LogP contribution in [-0.2, 0) is 0 Å². The molecule has 0 spiro atoms. The van der Waals surface area contributed by atoms with Crippen LogP contribution in [0.1, 0.15) is 11.5 Å². The lowest BCUT2D eigenvalue weighted by Crippen LogP contribution is -2.22. The SMILES string of the molecule is C1=CC2Oc3cccc(-c4ccccc4)c3C2C(n2c3ccccc3c3cc(-c4nc(-c5ccccc5)nc(-c5ccc6c(c5)oc5ccccc56)n4)ccc32)=C1. The summed E-state index contributed by atoms with van der Waals surface area (Å²) in [5.41, 5.74) is 11.4. The number of aromatic nitrogens is 4. The first-order valence-electron chi connectivity index (χ1n) is 19.3. The van der Waals surface area contributed by atoms with Gasteiger partial charge in [0.25, 0.3) is 0 Å². The Bertz CT molecular complexity index is 3290. The second-order valence-electron chi connectivity index (χ2n) is 14.7. The molecule has 2 unspecified atom stereocenters. The molecule has 7 aromatic carbocycles. The molecular formula is C51H32N4O2. The molecule has 10 aromatic rings. The van der Waals surface area contributed by atoms with E-state index in [4.69, 9.17) is 24.1 Å². The van der Waals surface area contributed by atoms with Crippen molar-refractivity contribution in [2.45, 2.75) is 12.0 Å². The van der Waals surface area contributed by atoms with Crippen LogP contribution in [0.5, 0.6) is 5.75 Å². The van der Waals surface area contributed by atoms with Crippen molar-refractivity contribution in [1.29, 1.82) is 0 Å². The number of rotatable bonds is 5. The highest BCUT2D eigenvalue weighted by molar-refractivity contribution is 6.11. The van der Waals surface area contributed by atoms with Gasteiger partial charge in [-0.2, -0.15) is 0 Å². The molecule has 12 rings (SSSR count). The van der Waals surface area contributed by atoms with Gasteiger partial charge in [0.1, 0.15) is 23.0 Å². The van der Waals surface area contributed by atoms with Crippen LogP contribution in [0.25, 0.3) is 94.7 Å². The molecule has 1 aliphatic carbocycles. The van der Waals surface area contributed by atoms with Gasteiger partial charge in [0.05, 0.1) is 17.0 Å². The molecule has 0 saturated carbocycles. The quantitative estimate of drug-likeness (QED) is 0.176. The molecule has 0 saturated heterocycles. The van der Waals surface area contributed by atoms with E-state index in [1.165, 1.54) is 22.4 Å². The molecule has 57 heavy (non-hydrogen) atoms. The van der Waals surface area contributed by atoms with Crippen molar-refractivity contribution < 1.29 is 9.15 Å². The highest BCUT2D eigenvalue weighted by Crippen LogP contribution is 2.52. The Labute approximate surface area is 327 Å². The summed E-state index contributed by atoms with van der Waals surface area (Å²) in [6.45, 7) is 0. The van der Waals surface area contributed by atoms with Gasteiger partial charge >= 0.3 is 0 Å². The van der Waals surface area contributed by atoms with Gasteiger partial charge in [-0.1, -0.05) is 121 Å². The van der Waals surface area contributed by atoms with Crippen molar-refractivity contribution in [3.63, 3.8) is 0 Å². The molecule has 4 heterocycles. The van der Waals surface area contributed by atoms with E-state index < -0.39 is 0 Å². The summed E-state index contributed by atoms with van der Waals surface area (Å²) in [5, 5.41) is 4.43. The summed E-state index contributed by atoms with van der Waals surface area (Å²) in [6.07, 6.45) is 6.47. The van der Waals surface area contributed by atoms with E-state index in [1.54, 1.807) is 0 Å². The van der Waals surface area contributed by atoms with Crippen LogP contribution in [0, 0.1) is 0 Å². The highest BCUT2D eigenvalue weighted by atomic mass is 16.5. The predicted octanol–water partition coefficient (Wildman–Crippen LogP) is 12.5. The fourth-order valence-electron chi connectivity index (χ4n) is 8.87. The molecule has 2 atom stereocenters. The average Bonchev–Trinajstić information content (AvgIpc) is 3.96. The molecule has 0 N–H and O–H groups in total. The first-order valence-corrected chi connectivity index (χ1v) is 19.3. The molecule has 0 fully saturated rings. The standard InChI is InChI=1S/C51H32N4O2/c1-3-13-31(14-4-1)35-19-11-23-44-47(35)48-42(21-12-24-45(48)57-44)55-40-20-9-7-17-36(40)39-29-33(26-28-41(39)55)50-52-49(32-15-5-2-6-16-32)53-51(54-50)34-25-27-38-37-18-8-10-22-43(37)56-46(38)30-34/h1-30,45,48H. The third-order valence-corrected chi connectivity index (χ3v) is 11.4. The van der Waals surface area contributed by atoms with Crippen LogP contribution >= 0.6 is 0 Å². The highest BCUT2D eigenvalue weighted by Gasteiger charge is 2.40. The number of hydrogen-bond donors (Lipinski definition) is 0. The lowest BCUT2D eigenvalue weighted by atomic mass is 9.84. The third kappa shape index (κ3) is 5.00. The molecular weight excluding hydrogens is 701 g/mol. The van der Waals surface area contributed by atoms with E-state index in [9.17, 15) is 0 Å². The fourth-order valence-corrected chi connectivity index (χ4v) is 8.87. The smallest absolute Gasteiger partial charge is 0.164 e. The summed E-state index contributed by atoms with van der Waals surface area (Å²) in [7, 11) is 0. The van der Waals surface area contributed by atoms with Gasteiger partial charge in [0, 0.05) is 49.5 Å². The van der Waals surface area contributed by atoms with Crippen molar-refractivity contribution in [2.24, 2.45) is 0 Å². The van der Waals surface area contributed by atoms with Crippen molar-refractivity contribution in [3.05, 3.63) is 188 Å². The zero-order valence-corrected chi connectivity index (χ0v) is 30.6. The predicted molar refractivity (Wildman–Crippen MR) is 229 cm³/mol. The Morgan fingerprint density at radius 2 is 1.12 bits per heavy atom. The van der Waals surface area contributed by atoms with Gasteiger partial charge in [-0.05, 0) is 71.8 Å². The Morgan fingerprint density at radius 1 is 0.474 bits per heavy atom. The second-order valence-corrected chi connectivity index (χ2v) is 14.7. The number of para-hydroxylation sites is 2. The van der Waals surface area contributed by atoms with Crippen LogP contribution in [0.15, 0.2) is 186 Å². The Hall–Kier alpha value is -7.57. The summed E-state index contributed by atoms with van der Waals surface area (Å²) in [6, 6.07) is 56.7. The topological polar surface area (TPSA) is 66.0 Å². The minimum Gasteiger partial charge on any atom is -0.485 e. The summed E-state index contributed by atoms with van der Waals surface area (Å²) < 4.78 is 15.4. The molecule has 6 nitrogen and oxygen atoms in total. The molecule has 6 heteroatoms. The average molecular weight is 733 g/mol. The van der Waals surface area contributed by atoms with E-state index in [0.717, 1.165) is 66.2 Å². The Morgan fingerprint density at radius 3 is 1.95 bits per heavy atom. The molecule has 0 bridgehead atoms. The van der Waals surface area contributed by atoms with Gasteiger partial charge in [0.15, 0.2) is 17.5 Å². The Balaban J connectivity index is 1.03. The van der Waals surface area contributed by atoms with Crippen molar-refractivity contribution in [1.82, 2.24) is 19.5 Å². The molecule has 268 valence electrons. The monoisotopic (exact) mass is 732 g/mol. The minimum atomic E-state index is -0.112. The maximum atomic E-state index is 6.67. The molecule has 2 aliphatic rings. The third-order valence-electron chi connectivity index (χ3n) is 11.4. The molecule has 0 radical (unpaired) electrons. The molecule has 1 aliphatic heterocycles. The van der Waals surface area contributed by atoms with E-state index in [1.807, 2.05) is 54.6 Å². The molecule has 3 aromatic heterocycles. The van der Waals surface area contributed by atoms with Crippen molar-refractivity contribution in [2.75, 3.05) is 0 Å². The van der Waals surface area contributed by atoms with Crippen LogP contribution in [0.3, 0.4) is 0 Å². The maximum absolute atomic E-state index is 6.67. The Kier molecular flexibility index (Phi) is 6.95. The first kappa shape index (κ1) is 31.7. The summed E-state index contributed by atoms with van der Waals surface area (Å²) in [4.78, 5) is 15.3. The van der Waals surface area contributed by atoms with Crippen molar-refractivity contribution in [3.8, 4) is 51.0 Å². The van der Waals surface area contributed by atoms with Crippen LogP contribution in [0.2, 0.25) is 0 Å². The largest absolute Gasteiger partial charge is 0.485 e. The first-order chi connectivity index (χ1) is 28.2. The number of fused-ring (bicyclic) bond motifs is 9. The van der Waals surface area contributed by atoms with E-state index in [0.29, 0.717) is 17.5 Å². The van der Waals surface area contributed by atoms with Gasteiger partial charge in [-0.25, -0.2) is 15.0 Å². The lowest BCUT2D eigenvalue weighted by Gasteiger charge is -2.26. The normalized spacial score (nSPS) is 15.9. The van der Waals surface area contributed by atoms with Gasteiger partial charge in [0.2, 0.25) is 0 Å². The fraction of sp³-hybridized carbons (Fsp3) is 0.0392. The maximum Gasteiger partial charge on any atom is 0.164 e. The van der Waals surface area contributed by atoms with E-state index in [2.05, 4.69) is 132 Å².